The van der Waals surface area contributed by atoms with E-state index < -0.39 is 5.97 Å². The topological polar surface area (TPSA) is 40.5 Å². The molecule has 0 atom stereocenters. The number of anilines is 1. The number of carbonyl (C=O) groups is 1. The maximum atomic E-state index is 10.6. The van der Waals surface area contributed by atoms with E-state index in [1.807, 2.05) is 12.1 Å². The lowest BCUT2D eigenvalue weighted by molar-refractivity contribution is -0.131. The molecular formula is C13H16ClNO2. The van der Waals surface area contributed by atoms with Crippen molar-refractivity contribution in [1.29, 1.82) is 0 Å². The fourth-order valence-electron chi connectivity index (χ4n) is 1.69. The molecule has 0 aromatic heterocycles. The van der Waals surface area contributed by atoms with E-state index in [0.29, 0.717) is 5.02 Å². The van der Waals surface area contributed by atoms with Crippen LogP contribution in [0.2, 0.25) is 5.02 Å². The molecule has 3 nitrogen and oxygen atoms in total. The first-order valence-corrected chi connectivity index (χ1v) is 5.92. The van der Waals surface area contributed by atoms with E-state index in [9.17, 15) is 4.79 Å². The molecule has 0 aliphatic rings. The van der Waals surface area contributed by atoms with Gasteiger partial charge in [0.1, 0.15) is 0 Å². The van der Waals surface area contributed by atoms with Crippen LogP contribution in [0.4, 0.5) is 5.69 Å². The molecule has 0 fully saturated rings. The van der Waals surface area contributed by atoms with Gasteiger partial charge in [0.15, 0.2) is 0 Å². The first-order chi connectivity index (χ1) is 8.10. The lowest BCUT2D eigenvalue weighted by Crippen LogP contribution is -2.22. The van der Waals surface area contributed by atoms with Crippen LogP contribution in [0.5, 0.6) is 0 Å². The number of hydrogen-bond acceptors (Lipinski definition) is 2. The fraction of sp³-hybridized carbons (Fsp3) is 0.308. The molecule has 1 aromatic rings. The third kappa shape index (κ3) is 3.49. The minimum absolute atomic E-state index is 0.562. The summed E-state index contributed by atoms with van der Waals surface area (Å²) in [5.74, 6) is -0.976. The zero-order valence-corrected chi connectivity index (χ0v) is 10.7. The highest BCUT2D eigenvalue weighted by Crippen LogP contribution is 2.28. The Hall–Kier alpha value is -1.48. The Kier molecular flexibility index (Phi) is 5.04. The van der Waals surface area contributed by atoms with E-state index >= 15 is 0 Å². The number of hydrogen-bond donors (Lipinski definition) is 1. The molecule has 0 radical (unpaired) electrons. The van der Waals surface area contributed by atoms with Crippen molar-refractivity contribution in [3.63, 3.8) is 0 Å². The second kappa shape index (κ2) is 6.30. The minimum atomic E-state index is -0.976. The maximum absolute atomic E-state index is 10.6. The molecule has 4 heteroatoms. The van der Waals surface area contributed by atoms with Gasteiger partial charge in [0, 0.05) is 35.4 Å². The van der Waals surface area contributed by atoms with Gasteiger partial charge in [-0.3, -0.25) is 0 Å². The van der Waals surface area contributed by atoms with Crippen LogP contribution in [0.15, 0.2) is 24.3 Å². The number of aliphatic carboxylic acids is 1. The molecule has 0 aliphatic heterocycles. The first kappa shape index (κ1) is 13.6. The highest BCUT2D eigenvalue weighted by atomic mass is 35.5. The largest absolute Gasteiger partial charge is 0.478 e. The van der Waals surface area contributed by atoms with Crippen molar-refractivity contribution in [2.75, 3.05) is 18.0 Å². The molecule has 0 unspecified atom stereocenters. The first-order valence-electron chi connectivity index (χ1n) is 5.54. The van der Waals surface area contributed by atoms with Gasteiger partial charge in [-0.05, 0) is 32.1 Å². The Morgan fingerprint density at radius 3 is 2.59 bits per heavy atom. The van der Waals surface area contributed by atoms with Crippen molar-refractivity contribution in [2.24, 2.45) is 0 Å². The van der Waals surface area contributed by atoms with Crippen LogP contribution in [0.25, 0.3) is 6.08 Å². The molecule has 0 amide bonds. The lowest BCUT2D eigenvalue weighted by atomic mass is 10.1. The average Bonchev–Trinajstić information content (AvgIpc) is 2.29. The van der Waals surface area contributed by atoms with E-state index in [0.717, 1.165) is 30.4 Å². The van der Waals surface area contributed by atoms with Gasteiger partial charge < -0.3 is 10.0 Å². The molecule has 1 N–H and O–H groups in total. The van der Waals surface area contributed by atoms with Crippen molar-refractivity contribution in [1.82, 2.24) is 0 Å². The van der Waals surface area contributed by atoms with Gasteiger partial charge in [0.25, 0.3) is 0 Å². The zero-order chi connectivity index (χ0) is 12.8. The number of rotatable bonds is 5. The van der Waals surface area contributed by atoms with Crippen LogP contribution in [0.1, 0.15) is 19.4 Å². The predicted octanol–water partition coefficient (Wildman–Crippen LogP) is 3.28. The summed E-state index contributed by atoms with van der Waals surface area (Å²) in [6.45, 7) is 5.81. The van der Waals surface area contributed by atoms with E-state index in [1.54, 1.807) is 12.1 Å². The number of carboxylic acids is 1. The normalized spacial score (nSPS) is 10.8. The Balaban J connectivity index is 3.20. The number of halogens is 1. The zero-order valence-electron chi connectivity index (χ0n) is 9.98. The van der Waals surface area contributed by atoms with E-state index in [-0.39, 0.29) is 0 Å². The van der Waals surface area contributed by atoms with Crippen LogP contribution in [-0.2, 0) is 4.79 Å². The van der Waals surface area contributed by atoms with E-state index in [4.69, 9.17) is 16.7 Å². The molecule has 0 saturated carbocycles. The highest BCUT2D eigenvalue weighted by Gasteiger charge is 2.09. The SMILES string of the molecule is CCN(CC)c1cccc(Cl)c1/C=C/C(=O)O. The van der Waals surface area contributed by atoms with Crippen LogP contribution in [-0.4, -0.2) is 24.2 Å². The van der Waals surface area contributed by atoms with E-state index in [2.05, 4.69) is 18.7 Å². The number of carboxylic acid groups (broad SMARTS) is 1. The van der Waals surface area contributed by atoms with Crippen LogP contribution in [0.3, 0.4) is 0 Å². The third-order valence-corrected chi connectivity index (χ3v) is 2.86. The summed E-state index contributed by atoms with van der Waals surface area (Å²) in [4.78, 5) is 12.7. The van der Waals surface area contributed by atoms with Crippen LogP contribution >= 0.6 is 11.6 Å². The van der Waals surface area contributed by atoms with Crippen molar-refractivity contribution in [3.8, 4) is 0 Å². The van der Waals surface area contributed by atoms with Gasteiger partial charge in [0.2, 0.25) is 0 Å². The quantitative estimate of drug-likeness (QED) is 0.819. The molecule has 0 heterocycles. The summed E-state index contributed by atoms with van der Waals surface area (Å²) < 4.78 is 0. The summed E-state index contributed by atoms with van der Waals surface area (Å²) in [5.41, 5.74) is 1.71. The molecule has 1 aromatic carbocycles. The van der Waals surface area contributed by atoms with Gasteiger partial charge in [-0.2, -0.15) is 0 Å². The minimum Gasteiger partial charge on any atom is -0.478 e. The molecule has 17 heavy (non-hydrogen) atoms. The molecule has 0 saturated heterocycles. The Bertz CT molecular complexity index is 425. The second-order valence-corrected chi connectivity index (χ2v) is 3.92. The monoisotopic (exact) mass is 253 g/mol. The summed E-state index contributed by atoms with van der Waals surface area (Å²) in [6.07, 6.45) is 2.65. The van der Waals surface area contributed by atoms with Gasteiger partial charge >= 0.3 is 5.97 Å². The predicted molar refractivity (Wildman–Crippen MR) is 71.7 cm³/mol. The average molecular weight is 254 g/mol. The summed E-state index contributed by atoms with van der Waals surface area (Å²) >= 11 is 6.10. The molecule has 0 aliphatic carbocycles. The molecular weight excluding hydrogens is 238 g/mol. The highest BCUT2D eigenvalue weighted by molar-refractivity contribution is 6.32. The second-order valence-electron chi connectivity index (χ2n) is 3.52. The summed E-state index contributed by atoms with van der Waals surface area (Å²) in [5, 5.41) is 9.23. The van der Waals surface area contributed by atoms with Crippen molar-refractivity contribution in [3.05, 3.63) is 34.9 Å². The van der Waals surface area contributed by atoms with Gasteiger partial charge in [-0.1, -0.05) is 17.7 Å². The van der Waals surface area contributed by atoms with Crippen LogP contribution in [0, 0.1) is 0 Å². The number of nitrogens with zero attached hydrogens (tertiary/aromatic N) is 1. The Labute approximate surface area is 106 Å². The maximum Gasteiger partial charge on any atom is 0.328 e. The molecule has 92 valence electrons. The van der Waals surface area contributed by atoms with Crippen molar-refractivity contribution < 1.29 is 9.90 Å². The molecule has 1 rings (SSSR count). The summed E-state index contributed by atoms with van der Waals surface area (Å²) in [7, 11) is 0. The van der Waals surface area contributed by atoms with Gasteiger partial charge in [0.05, 0.1) is 0 Å². The van der Waals surface area contributed by atoms with Crippen LogP contribution < -0.4 is 4.90 Å². The fourth-order valence-corrected chi connectivity index (χ4v) is 1.92. The Morgan fingerprint density at radius 2 is 2.06 bits per heavy atom. The number of benzene rings is 1. The standard InChI is InChI=1S/C13H16ClNO2/c1-3-15(4-2)12-7-5-6-11(14)10(12)8-9-13(16)17/h5-9H,3-4H2,1-2H3,(H,16,17)/b9-8+. The lowest BCUT2D eigenvalue weighted by Gasteiger charge is -2.23. The van der Waals surface area contributed by atoms with E-state index in [1.165, 1.54) is 0 Å². The van der Waals surface area contributed by atoms with Crippen molar-refractivity contribution in [2.45, 2.75) is 13.8 Å². The van der Waals surface area contributed by atoms with Gasteiger partial charge in [-0.25, -0.2) is 4.79 Å². The van der Waals surface area contributed by atoms with Crippen molar-refractivity contribution >= 4 is 29.3 Å². The van der Waals surface area contributed by atoms with Gasteiger partial charge in [-0.15, -0.1) is 0 Å². The summed E-state index contributed by atoms with van der Waals surface area (Å²) in [6, 6.07) is 5.57. The third-order valence-electron chi connectivity index (χ3n) is 2.53. The molecule has 0 spiro atoms. The molecule has 0 bridgehead atoms. The smallest absolute Gasteiger partial charge is 0.328 e. The Morgan fingerprint density at radius 1 is 1.41 bits per heavy atom.